The fraction of sp³-hybridized carbons (Fsp3) is 0.130. The van der Waals surface area contributed by atoms with Crippen molar-refractivity contribution in [2.75, 3.05) is 11.9 Å². The van der Waals surface area contributed by atoms with Gasteiger partial charge in [0.2, 0.25) is 0 Å². The van der Waals surface area contributed by atoms with Crippen molar-refractivity contribution in [1.82, 2.24) is 14.8 Å². The van der Waals surface area contributed by atoms with Crippen molar-refractivity contribution in [3.05, 3.63) is 83.1 Å². The zero-order chi connectivity index (χ0) is 22.8. The fourth-order valence-electron chi connectivity index (χ4n) is 3.26. The third-order valence-corrected chi connectivity index (χ3v) is 4.80. The summed E-state index contributed by atoms with van der Waals surface area (Å²) in [4.78, 5) is 29.8. The van der Waals surface area contributed by atoms with Crippen LogP contribution >= 0.6 is 0 Å². The molecule has 2 aromatic carbocycles. The molecule has 0 radical (unpaired) electrons. The Kier molecular flexibility index (Phi) is 5.63. The first-order valence-corrected chi connectivity index (χ1v) is 9.77. The summed E-state index contributed by atoms with van der Waals surface area (Å²) in [7, 11) is 0. The van der Waals surface area contributed by atoms with Gasteiger partial charge in [-0.05, 0) is 49.7 Å². The number of fused-ring (bicyclic) bond motifs is 1. The molecule has 0 fully saturated rings. The lowest BCUT2D eigenvalue weighted by Gasteiger charge is -2.12. The van der Waals surface area contributed by atoms with Crippen molar-refractivity contribution >= 4 is 28.6 Å². The third-order valence-electron chi connectivity index (χ3n) is 4.80. The molecular weight excluding hydrogens is 418 g/mol. The number of ether oxygens (including phenoxy) is 1. The maximum atomic E-state index is 13.6. The van der Waals surface area contributed by atoms with Crippen LogP contribution in [0.4, 0.5) is 14.6 Å². The van der Waals surface area contributed by atoms with Crippen LogP contribution in [-0.2, 0) is 4.74 Å². The molecule has 1 amide bonds. The second-order valence-electron chi connectivity index (χ2n) is 6.94. The Labute approximate surface area is 181 Å². The lowest BCUT2D eigenvalue weighted by Crippen LogP contribution is -2.19. The molecule has 162 valence electrons. The number of carbonyl (C=O) groups excluding carboxylic acids is 2. The van der Waals surface area contributed by atoms with Gasteiger partial charge in [0.05, 0.1) is 18.3 Å². The lowest BCUT2D eigenvalue weighted by molar-refractivity contribution is 0.0527. The number of aryl methyl sites for hydroxylation is 1. The summed E-state index contributed by atoms with van der Waals surface area (Å²) in [6, 6.07) is 12.0. The maximum absolute atomic E-state index is 13.6. The molecule has 1 N–H and O–H groups in total. The average Bonchev–Trinajstić information content (AvgIpc) is 3.19. The van der Waals surface area contributed by atoms with E-state index in [4.69, 9.17) is 4.74 Å². The van der Waals surface area contributed by atoms with E-state index in [-0.39, 0.29) is 23.6 Å². The second-order valence-corrected chi connectivity index (χ2v) is 6.94. The number of pyridine rings is 1. The molecule has 0 aliphatic heterocycles. The summed E-state index contributed by atoms with van der Waals surface area (Å²) < 4.78 is 33.2. The number of esters is 1. The van der Waals surface area contributed by atoms with Crippen LogP contribution < -0.4 is 5.32 Å². The van der Waals surface area contributed by atoms with Crippen molar-refractivity contribution in [3.63, 3.8) is 0 Å². The van der Waals surface area contributed by atoms with Gasteiger partial charge in [-0.25, -0.2) is 18.6 Å². The highest BCUT2D eigenvalue weighted by molar-refractivity contribution is 6.07. The van der Waals surface area contributed by atoms with Gasteiger partial charge in [0.15, 0.2) is 23.3 Å². The molecule has 0 unspecified atom stereocenters. The highest BCUT2D eigenvalue weighted by atomic mass is 19.2. The molecule has 32 heavy (non-hydrogen) atoms. The predicted octanol–water partition coefficient (Wildman–Crippen LogP) is 4.44. The Morgan fingerprint density at radius 2 is 1.88 bits per heavy atom. The summed E-state index contributed by atoms with van der Waals surface area (Å²) >= 11 is 0. The van der Waals surface area contributed by atoms with Crippen LogP contribution in [-0.4, -0.2) is 33.2 Å². The number of nitrogens with one attached hydrogen (secondary N) is 1. The molecular formula is C23H18F2N4O3. The minimum atomic E-state index is -1.16. The van der Waals surface area contributed by atoms with Crippen LogP contribution in [0.3, 0.4) is 0 Å². The van der Waals surface area contributed by atoms with E-state index < -0.39 is 23.5 Å². The number of amides is 1. The zero-order valence-electron chi connectivity index (χ0n) is 17.2. The molecule has 2 aromatic heterocycles. The van der Waals surface area contributed by atoms with Gasteiger partial charge in [-0.2, -0.15) is 9.78 Å². The third kappa shape index (κ3) is 3.92. The molecule has 4 aromatic rings. The molecule has 0 saturated carbocycles. The Hall–Kier alpha value is -4.14. The number of benzene rings is 2. The Bertz CT molecular complexity index is 1350. The number of halogens is 2. The summed E-state index contributed by atoms with van der Waals surface area (Å²) in [5.41, 5.74) is 1.48. The van der Waals surface area contributed by atoms with Crippen molar-refractivity contribution in [3.8, 4) is 5.82 Å². The lowest BCUT2D eigenvalue weighted by atomic mass is 10.1. The normalized spacial score (nSPS) is 10.9. The van der Waals surface area contributed by atoms with E-state index in [2.05, 4.69) is 15.4 Å². The van der Waals surface area contributed by atoms with Crippen LogP contribution in [0, 0.1) is 18.6 Å². The molecule has 0 aliphatic rings. The van der Waals surface area contributed by atoms with Crippen molar-refractivity contribution in [2.24, 2.45) is 0 Å². The van der Waals surface area contributed by atoms with Crippen LogP contribution in [0.1, 0.15) is 33.2 Å². The van der Waals surface area contributed by atoms with Gasteiger partial charge in [0.1, 0.15) is 5.56 Å². The maximum Gasteiger partial charge on any atom is 0.343 e. The summed E-state index contributed by atoms with van der Waals surface area (Å²) in [6.07, 6.45) is 1.26. The zero-order valence-corrected chi connectivity index (χ0v) is 17.2. The van der Waals surface area contributed by atoms with Crippen LogP contribution in [0.25, 0.3) is 16.7 Å². The molecule has 4 rings (SSSR count). The van der Waals surface area contributed by atoms with E-state index in [9.17, 15) is 18.4 Å². The second kappa shape index (κ2) is 8.54. The number of nitrogens with zero attached hydrogens (tertiary/aromatic N) is 3. The monoisotopic (exact) mass is 436 g/mol. The standard InChI is InChI=1S/C23H18F2N4O3/c1-3-32-23(31)16-12-26-29(20-10-13(2)15-6-4-5-7-19(15)27-20)21(16)28-22(30)14-8-9-17(24)18(25)11-14/h4-12H,3H2,1-2H3,(H,28,30). The van der Waals surface area contributed by atoms with Crippen LogP contribution in [0.15, 0.2) is 54.7 Å². The number of aromatic nitrogens is 3. The quantitative estimate of drug-likeness (QED) is 0.468. The molecule has 0 aliphatic carbocycles. The average molecular weight is 436 g/mol. The molecule has 0 atom stereocenters. The molecule has 7 nitrogen and oxygen atoms in total. The minimum absolute atomic E-state index is 0.000337. The van der Waals surface area contributed by atoms with Crippen molar-refractivity contribution in [1.29, 1.82) is 0 Å². The number of para-hydroxylation sites is 1. The van der Waals surface area contributed by atoms with E-state index in [1.807, 2.05) is 31.2 Å². The van der Waals surface area contributed by atoms with Gasteiger partial charge in [-0.15, -0.1) is 0 Å². The number of anilines is 1. The first kappa shape index (κ1) is 21.1. The van der Waals surface area contributed by atoms with Crippen molar-refractivity contribution in [2.45, 2.75) is 13.8 Å². The number of hydrogen-bond acceptors (Lipinski definition) is 5. The molecule has 0 saturated heterocycles. The topological polar surface area (TPSA) is 86.1 Å². The minimum Gasteiger partial charge on any atom is -0.462 e. The van der Waals surface area contributed by atoms with E-state index in [0.29, 0.717) is 11.3 Å². The molecule has 0 spiro atoms. The van der Waals surface area contributed by atoms with E-state index >= 15 is 0 Å². The van der Waals surface area contributed by atoms with Gasteiger partial charge in [0.25, 0.3) is 5.91 Å². The summed E-state index contributed by atoms with van der Waals surface area (Å²) in [5, 5.41) is 7.73. The first-order valence-electron chi connectivity index (χ1n) is 9.77. The van der Waals surface area contributed by atoms with Gasteiger partial charge < -0.3 is 10.1 Å². The van der Waals surface area contributed by atoms with Gasteiger partial charge in [-0.1, -0.05) is 18.2 Å². The van der Waals surface area contributed by atoms with E-state index in [1.165, 1.54) is 10.9 Å². The van der Waals surface area contributed by atoms with Crippen molar-refractivity contribution < 1.29 is 23.1 Å². The number of rotatable bonds is 5. The van der Waals surface area contributed by atoms with Crippen LogP contribution in [0.5, 0.6) is 0 Å². The Morgan fingerprint density at radius 1 is 1.09 bits per heavy atom. The van der Waals surface area contributed by atoms with Crippen LogP contribution in [0.2, 0.25) is 0 Å². The predicted molar refractivity (Wildman–Crippen MR) is 114 cm³/mol. The highest BCUT2D eigenvalue weighted by Gasteiger charge is 2.23. The number of carbonyl (C=O) groups is 2. The smallest absolute Gasteiger partial charge is 0.343 e. The molecule has 2 heterocycles. The Morgan fingerprint density at radius 3 is 2.62 bits per heavy atom. The summed E-state index contributed by atoms with van der Waals surface area (Å²) in [5.74, 6) is -3.33. The highest BCUT2D eigenvalue weighted by Crippen LogP contribution is 2.25. The van der Waals surface area contributed by atoms with Gasteiger partial charge in [-0.3, -0.25) is 4.79 Å². The van der Waals surface area contributed by atoms with E-state index in [0.717, 1.165) is 29.1 Å². The molecule has 9 heteroatoms. The Balaban J connectivity index is 1.81. The molecule has 0 bridgehead atoms. The summed E-state index contributed by atoms with van der Waals surface area (Å²) in [6.45, 7) is 3.67. The largest absolute Gasteiger partial charge is 0.462 e. The SMILES string of the molecule is CCOC(=O)c1cnn(-c2cc(C)c3ccccc3n2)c1NC(=O)c1ccc(F)c(F)c1. The first-order chi connectivity index (χ1) is 15.4. The van der Waals surface area contributed by atoms with E-state index in [1.54, 1.807) is 13.0 Å². The van der Waals surface area contributed by atoms with Gasteiger partial charge >= 0.3 is 5.97 Å². The number of hydrogen-bond donors (Lipinski definition) is 1. The fourth-order valence-corrected chi connectivity index (χ4v) is 3.26. The van der Waals surface area contributed by atoms with Gasteiger partial charge in [0, 0.05) is 10.9 Å².